The average Bonchev–Trinajstić information content (AvgIpc) is 3.31. The number of hydrogen-bond donors (Lipinski definition) is 1. The summed E-state index contributed by atoms with van der Waals surface area (Å²) >= 11 is 7.44. The molecule has 2 aliphatic rings. The highest BCUT2D eigenvalue weighted by Crippen LogP contribution is 2.36. The minimum Gasteiger partial charge on any atom is -0.376 e. The van der Waals surface area contributed by atoms with Crippen molar-refractivity contribution in [3.05, 3.63) is 29.3 Å². The Labute approximate surface area is 145 Å². The van der Waals surface area contributed by atoms with E-state index in [-0.39, 0.29) is 0 Å². The largest absolute Gasteiger partial charge is 0.376 e. The molecule has 0 radical (unpaired) electrons. The normalized spacial score (nSPS) is 24.4. The van der Waals surface area contributed by atoms with Gasteiger partial charge in [-0.1, -0.05) is 12.1 Å². The van der Waals surface area contributed by atoms with Crippen molar-refractivity contribution in [1.82, 2.24) is 15.2 Å². The molecule has 0 spiro atoms. The third kappa shape index (κ3) is 3.20. The quantitative estimate of drug-likeness (QED) is 0.861. The van der Waals surface area contributed by atoms with E-state index in [4.69, 9.17) is 21.9 Å². The van der Waals surface area contributed by atoms with Crippen molar-refractivity contribution in [2.75, 3.05) is 19.7 Å². The number of para-hydroxylation sites is 1. The molecule has 1 aromatic heterocycles. The van der Waals surface area contributed by atoms with Gasteiger partial charge < -0.3 is 15.0 Å². The predicted octanol–water partition coefficient (Wildman–Crippen LogP) is 3.49. The lowest BCUT2D eigenvalue weighted by molar-refractivity contribution is 0.113. The summed E-state index contributed by atoms with van der Waals surface area (Å²) in [6, 6.07) is 8.67. The van der Waals surface area contributed by atoms with Crippen molar-refractivity contribution in [1.29, 1.82) is 0 Å². The van der Waals surface area contributed by atoms with Crippen molar-refractivity contribution < 1.29 is 4.74 Å². The number of ether oxygens (including phenoxy) is 1. The molecule has 4 rings (SSSR count). The summed E-state index contributed by atoms with van der Waals surface area (Å²) in [4.78, 5) is 7.14. The molecule has 2 fully saturated rings. The molecule has 23 heavy (non-hydrogen) atoms. The van der Waals surface area contributed by atoms with Gasteiger partial charge in [-0.15, -0.1) is 11.3 Å². The summed E-state index contributed by atoms with van der Waals surface area (Å²) in [6.45, 7) is 2.72. The summed E-state index contributed by atoms with van der Waals surface area (Å²) in [5, 5.41) is 5.44. The number of nitrogens with one attached hydrogen (secondary N) is 1. The van der Waals surface area contributed by atoms with Crippen LogP contribution in [0.3, 0.4) is 0 Å². The van der Waals surface area contributed by atoms with E-state index in [9.17, 15) is 0 Å². The molecular weight excluding hydrogens is 326 g/mol. The van der Waals surface area contributed by atoms with Crippen LogP contribution < -0.4 is 5.32 Å². The van der Waals surface area contributed by atoms with Crippen LogP contribution >= 0.6 is 23.6 Å². The zero-order chi connectivity index (χ0) is 15.6. The molecule has 1 N–H and O–H groups in total. The highest BCUT2D eigenvalue weighted by molar-refractivity contribution is 7.80. The highest BCUT2D eigenvalue weighted by Gasteiger charge is 2.30. The number of rotatable bonds is 3. The van der Waals surface area contributed by atoms with Crippen LogP contribution in [-0.2, 0) is 4.74 Å². The molecule has 122 valence electrons. The molecule has 0 bridgehead atoms. The van der Waals surface area contributed by atoms with Gasteiger partial charge in [-0.3, -0.25) is 0 Å². The summed E-state index contributed by atoms with van der Waals surface area (Å²) in [5.74, 6) is 0. The van der Waals surface area contributed by atoms with Gasteiger partial charge in [-0.25, -0.2) is 4.98 Å². The summed E-state index contributed by atoms with van der Waals surface area (Å²) in [5.41, 5.74) is 1.09. The molecule has 0 unspecified atom stereocenters. The van der Waals surface area contributed by atoms with Crippen molar-refractivity contribution in [2.24, 2.45) is 0 Å². The van der Waals surface area contributed by atoms with Crippen molar-refractivity contribution in [3.8, 4) is 0 Å². The smallest absolute Gasteiger partial charge is 0.169 e. The fourth-order valence-corrected chi connectivity index (χ4v) is 4.82. The number of hydrogen-bond acceptors (Lipinski definition) is 4. The lowest BCUT2D eigenvalue weighted by Gasteiger charge is -2.27. The Morgan fingerprint density at radius 1 is 1.35 bits per heavy atom. The third-order valence-electron chi connectivity index (χ3n) is 4.61. The molecule has 2 atom stereocenters. The van der Waals surface area contributed by atoms with Crippen LogP contribution in [0, 0.1) is 0 Å². The maximum atomic E-state index is 5.67. The number of aromatic nitrogens is 1. The Hall–Kier alpha value is -1.24. The van der Waals surface area contributed by atoms with Gasteiger partial charge in [0, 0.05) is 19.7 Å². The lowest BCUT2D eigenvalue weighted by Crippen LogP contribution is -2.42. The fourth-order valence-electron chi connectivity index (χ4n) is 3.41. The first kappa shape index (κ1) is 15.3. The minimum absolute atomic E-state index is 0.316. The Morgan fingerprint density at radius 3 is 3.09 bits per heavy atom. The van der Waals surface area contributed by atoms with E-state index in [0.29, 0.717) is 12.1 Å². The molecule has 1 aromatic carbocycles. The van der Waals surface area contributed by atoms with Gasteiger partial charge in [0.25, 0.3) is 0 Å². The molecule has 2 aromatic rings. The number of thiazole rings is 1. The molecule has 6 heteroatoms. The van der Waals surface area contributed by atoms with Crippen LogP contribution in [0.5, 0.6) is 0 Å². The first-order chi connectivity index (χ1) is 11.3. The SMILES string of the molecule is S=C(NC[C@@H]1CCCO1)N1CCC[C@@H]1c1nc2ccccc2s1. The molecule has 0 saturated carbocycles. The molecule has 3 heterocycles. The Morgan fingerprint density at radius 2 is 2.26 bits per heavy atom. The van der Waals surface area contributed by atoms with E-state index in [1.807, 2.05) is 6.07 Å². The van der Waals surface area contributed by atoms with Crippen molar-refractivity contribution in [2.45, 2.75) is 37.8 Å². The van der Waals surface area contributed by atoms with E-state index < -0.39 is 0 Å². The van der Waals surface area contributed by atoms with Crippen LogP contribution in [0.1, 0.15) is 36.7 Å². The summed E-state index contributed by atoms with van der Waals surface area (Å²) in [6.07, 6.45) is 4.91. The molecule has 4 nitrogen and oxygen atoms in total. The zero-order valence-electron chi connectivity index (χ0n) is 13.0. The second kappa shape index (κ2) is 6.71. The van der Waals surface area contributed by atoms with Crippen molar-refractivity contribution in [3.63, 3.8) is 0 Å². The number of nitrogens with zero attached hydrogens (tertiary/aromatic N) is 2. The predicted molar refractivity (Wildman–Crippen MR) is 97.9 cm³/mol. The maximum absolute atomic E-state index is 5.67. The minimum atomic E-state index is 0.316. The molecule has 2 aliphatic heterocycles. The lowest BCUT2D eigenvalue weighted by atomic mass is 10.2. The van der Waals surface area contributed by atoms with Gasteiger partial charge in [0.15, 0.2) is 5.11 Å². The van der Waals surface area contributed by atoms with E-state index >= 15 is 0 Å². The topological polar surface area (TPSA) is 37.4 Å². The first-order valence-corrected chi connectivity index (χ1v) is 9.55. The van der Waals surface area contributed by atoms with Crippen molar-refractivity contribution >= 4 is 38.9 Å². The van der Waals surface area contributed by atoms with Crippen LogP contribution in [0.4, 0.5) is 0 Å². The van der Waals surface area contributed by atoms with Crippen LogP contribution in [0.15, 0.2) is 24.3 Å². The van der Waals surface area contributed by atoms with Gasteiger partial charge in [0.1, 0.15) is 5.01 Å². The van der Waals surface area contributed by atoms with Gasteiger partial charge in [0.2, 0.25) is 0 Å². The van der Waals surface area contributed by atoms with E-state index in [2.05, 4.69) is 28.4 Å². The average molecular weight is 348 g/mol. The van der Waals surface area contributed by atoms with Crippen LogP contribution in [0.25, 0.3) is 10.2 Å². The maximum Gasteiger partial charge on any atom is 0.169 e. The Bertz CT molecular complexity index is 663. The number of fused-ring (bicyclic) bond motifs is 1. The number of benzene rings is 1. The molecule has 0 amide bonds. The van der Waals surface area contributed by atoms with Crippen LogP contribution in [-0.4, -0.2) is 40.8 Å². The Kier molecular flexibility index (Phi) is 4.46. The third-order valence-corrected chi connectivity index (χ3v) is 6.13. The Balaban J connectivity index is 1.46. The van der Waals surface area contributed by atoms with Gasteiger partial charge in [-0.2, -0.15) is 0 Å². The fraction of sp³-hybridized carbons (Fsp3) is 0.529. The van der Waals surface area contributed by atoms with E-state index in [1.165, 1.54) is 16.1 Å². The molecular formula is C17H21N3OS2. The standard InChI is InChI=1S/C17H21N3OS2/c22-17(18-11-12-5-4-10-21-12)20-9-3-7-14(20)16-19-13-6-1-2-8-15(13)23-16/h1-2,6,8,12,14H,3-5,7,9-11H2,(H,18,22)/t12-,14+/m0/s1. The first-order valence-electron chi connectivity index (χ1n) is 8.33. The number of likely N-dealkylation sites (tertiary alicyclic amines) is 1. The van der Waals surface area contributed by atoms with Crippen LogP contribution in [0.2, 0.25) is 0 Å². The van der Waals surface area contributed by atoms with E-state index in [0.717, 1.165) is 49.6 Å². The second-order valence-electron chi connectivity index (χ2n) is 6.19. The van der Waals surface area contributed by atoms with Gasteiger partial charge >= 0.3 is 0 Å². The summed E-state index contributed by atoms with van der Waals surface area (Å²) in [7, 11) is 0. The van der Waals surface area contributed by atoms with E-state index in [1.54, 1.807) is 11.3 Å². The summed E-state index contributed by atoms with van der Waals surface area (Å²) < 4.78 is 6.92. The van der Waals surface area contributed by atoms with Gasteiger partial charge in [0.05, 0.1) is 22.4 Å². The zero-order valence-corrected chi connectivity index (χ0v) is 14.7. The molecule has 0 aliphatic carbocycles. The monoisotopic (exact) mass is 347 g/mol. The van der Waals surface area contributed by atoms with Gasteiger partial charge in [-0.05, 0) is 50.0 Å². The highest BCUT2D eigenvalue weighted by atomic mass is 32.1. The number of thiocarbonyl (C=S) groups is 1. The molecule has 2 saturated heterocycles. The second-order valence-corrected chi connectivity index (χ2v) is 7.64.